The van der Waals surface area contributed by atoms with E-state index in [2.05, 4.69) is 0 Å². The highest BCUT2D eigenvalue weighted by Gasteiger charge is 2.40. The molecule has 0 radical (unpaired) electrons. The standard InChI is InChI=1S/C30H28O7/c1-18(2)35-22-13-14-24-23(16-22)27(20-9-11-21(33-3)12-10-20)28(30(31)32)29(37-24)25-17-34-26(36-25)15-19-7-5-4-6-8-19/h4-14,16-18,26,29H,15H2,1-3H3,(H,31,32). The van der Waals surface area contributed by atoms with E-state index in [9.17, 15) is 9.90 Å². The highest BCUT2D eigenvalue weighted by Crippen LogP contribution is 2.44. The van der Waals surface area contributed by atoms with E-state index in [1.165, 1.54) is 6.26 Å². The van der Waals surface area contributed by atoms with Crippen LogP contribution >= 0.6 is 0 Å². The topological polar surface area (TPSA) is 83.5 Å². The monoisotopic (exact) mass is 500 g/mol. The van der Waals surface area contributed by atoms with Crippen molar-refractivity contribution < 1.29 is 33.6 Å². The predicted molar refractivity (Wildman–Crippen MR) is 137 cm³/mol. The number of hydrogen-bond donors (Lipinski definition) is 1. The van der Waals surface area contributed by atoms with Crippen LogP contribution in [0.5, 0.6) is 17.2 Å². The Morgan fingerprint density at radius 2 is 1.70 bits per heavy atom. The summed E-state index contributed by atoms with van der Waals surface area (Å²) in [5, 5.41) is 10.4. The third-order valence-electron chi connectivity index (χ3n) is 6.08. The number of carboxylic acid groups (broad SMARTS) is 1. The maximum absolute atomic E-state index is 12.8. The van der Waals surface area contributed by atoms with E-state index >= 15 is 0 Å². The summed E-state index contributed by atoms with van der Waals surface area (Å²) >= 11 is 0. The fraction of sp³-hybridized carbons (Fsp3) is 0.233. The Bertz CT molecular complexity index is 1340. The summed E-state index contributed by atoms with van der Waals surface area (Å²) in [6, 6.07) is 22.5. The van der Waals surface area contributed by atoms with Crippen LogP contribution in [0.2, 0.25) is 0 Å². The second-order valence-electron chi connectivity index (χ2n) is 9.04. The van der Waals surface area contributed by atoms with Gasteiger partial charge in [-0.1, -0.05) is 42.5 Å². The predicted octanol–water partition coefficient (Wildman–Crippen LogP) is 5.59. The van der Waals surface area contributed by atoms with Crippen LogP contribution in [0.3, 0.4) is 0 Å². The number of ether oxygens (including phenoxy) is 5. The molecule has 0 aromatic heterocycles. The van der Waals surface area contributed by atoms with E-state index in [4.69, 9.17) is 23.7 Å². The lowest BCUT2D eigenvalue weighted by atomic mass is 9.87. The molecule has 3 aromatic rings. The molecule has 0 aliphatic carbocycles. The quantitative estimate of drug-likeness (QED) is 0.432. The lowest BCUT2D eigenvalue weighted by molar-refractivity contribution is -0.133. The number of carbonyl (C=O) groups is 1. The van der Waals surface area contributed by atoms with Crippen molar-refractivity contribution in [2.24, 2.45) is 0 Å². The highest BCUT2D eigenvalue weighted by atomic mass is 16.7. The molecular weight excluding hydrogens is 472 g/mol. The summed E-state index contributed by atoms with van der Waals surface area (Å²) in [7, 11) is 1.59. The summed E-state index contributed by atoms with van der Waals surface area (Å²) in [4.78, 5) is 12.8. The number of fused-ring (bicyclic) bond motifs is 1. The van der Waals surface area contributed by atoms with Crippen molar-refractivity contribution in [2.75, 3.05) is 7.11 Å². The van der Waals surface area contributed by atoms with Crippen LogP contribution in [-0.2, 0) is 20.7 Å². The number of aliphatic carboxylic acids is 1. The maximum atomic E-state index is 12.8. The zero-order valence-electron chi connectivity index (χ0n) is 20.8. The molecule has 0 amide bonds. The second-order valence-corrected chi connectivity index (χ2v) is 9.04. The van der Waals surface area contributed by atoms with Gasteiger partial charge in [-0.3, -0.25) is 0 Å². The van der Waals surface area contributed by atoms with Crippen molar-refractivity contribution in [1.82, 2.24) is 0 Å². The van der Waals surface area contributed by atoms with Crippen LogP contribution in [0.1, 0.15) is 30.5 Å². The van der Waals surface area contributed by atoms with Crippen LogP contribution in [-0.4, -0.2) is 36.7 Å². The first-order chi connectivity index (χ1) is 17.9. The second kappa shape index (κ2) is 10.3. The van der Waals surface area contributed by atoms with Gasteiger partial charge in [0.1, 0.15) is 23.5 Å². The first-order valence-corrected chi connectivity index (χ1v) is 12.1. The molecule has 2 unspecified atom stereocenters. The van der Waals surface area contributed by atoms with Gasteiger partial charge in [-0.05, 0) is 55.3 Å². The summed E-state index contributed by atoms with van der Waals surface area (Å²) < 4.78 is 29.3. The molecule has 2 atom stereocenters. The smallest absolute Gasteiger partial charge is 0.336 e. The van der Waals surface area contributed by atoms with Crippen LogP contribution < -0.4 is 14.2 Å². The molecular formula is C30H28O7. The molecule has 7 nitrogen and oxygen atoms in total. The highest BCUT2D eigenvalue weighted by molar-refractivity contribution is 6.04. The van der Waals surface area contributed by atoms with E-state index in [0.717, 1.165) is 5.56 Å². The number of rotatable bonds is 8. The minimum atomic E-state index is -1.12. The summed E-state index contributed by atoms with van der Waals surface area (Å²) in [6.45, 7) is 3.87. The number of carboxylic acids is 1. The summed E-state index contributed by atoms with van der Waals surface area (Å²) in [5.74, 6) is 0.994. The van der Waals surface area contributed by atoms with Crippen LogP contribution in [0.25, 0.3) is 5.57 Å². The average Bonchev–Trinajstić information content (AvgIpc) is 3.36. The molecule has 2 heterocycles. The van der Waals surface area contributed by atoms with E-state index in [1.54, 1.807) is 25.3 Å². The Morgan fingerprint density at radius 3 is 2.38 bits per heavy atom. The third kappa shape index (κ3) is 5.11. The minimum Gasteiger partial charge on any atom is -0.497 e. The lowest BCUT2D eigenvalue weighted by Gasteiger charge is -2.30. The Kier molecular flexibility index (Phi) is 6.77. The Hall–Kier alpha value is -4.39. The Labute approximate surface area is 215 Å². The van der Waals surface area contributed by atoms with Gasteiger partial charge in [0.05, 0.1) is 18.8 Å². The van der Waals surface area contributed by atoms with Crippen molar-refractivity contribution in [3.8, 4) is 17.2 Å². The maximum Gasteiger partial charge on any atom is 0.336 e. The Morgan fingerprint density at radius 1 is 0.973 bits per heavy atom. The molecule has 5 rings (SSSR count). The van der Waals surface area contributed by atoms with Crippen molar-refractivity contribution in [3.63, 3.8) is 0 Å². The molecule has 7 heteroatoms. The zero-order chi connectivity index (χ0) is 25.9. The van der Waals surface area contributed by atoms with E-state index in [-0.39, 0.29) is 11.7 Å². The van der Waals surface area contributed by atoms with Gasteiger partial charge in [-0.25, -0.2) is 4.79 Å². The molecule has 3 aromatic carbocycles. The number of methoxy groups -OCH3 is 1. The van der Waals surface area contributed by atoms with Crippen molar-refractivity contribution in [3.05, 3.63) is 107 Å². The van der Waals surface area contributed by atoms with Crippen molar-refractivity contribution >= 4 is 11.5 Å². The van der Waals surface area contributed by atoms with Gasteiger partial charge in [0.25, 0.3) is 0 Å². The molecule has 2 aliphatic rings. The van der Waals surface area contributed by atoms with Gasteiger partial charge >= 0.3 is 5.97 Å². The fourth-order valence-corrected chi connectivity index (χ4v) is 4.47. The van der Waals surface area contributed by atoms with Crippen molar-refractivity contribution in [1.29, 1.82) is 0 Å². The SMILES string of the molecule is COc1ccc(C2=C(C(=O)O)C(C3=COC(Cc4ccccc4)O3)Oc3ccc(OC(C)C)cc32)cc1. The van der Waals surface area contributed by atoms with Crippen molar-refractivity contribution in [2.45, 2.75) is 38.8 Å². The molecule has 2 aliphatic heterocycles. The van der Waals surface area contributed by atoms with Crippen LogP contribution in [0.15, 0.2) is 90.4 Å². The normalized spacial score (nSPS) is 18.3. The number of hydrogen-bond acceptors (Lipinski definition) is 6. The molecule has 0 bridgehead atoms. The molecule has 1 N–H and O–H groups in total. The third-order valence-corrected chi connectivity index (χ3v) is 6.08. The first kappa shape index (κ1) is 24.3. The van der Waals surface area contributed by atoms with E-state index in [1.807, 2.05) is 68.4 Å². The molecule has 0 spiro atoms. The van der Waals surface area contributed by atoms with E-state index in [0.29, 0.717) is 46.1 Å². The molecule has 190 valence electrons. The fourth-order valence-electron chi connectivity index (χ4n) is 4.47. The zero-order valence-corrected chi connectivity index (χ0v) is 20.8. The van der Waals surface area contributed by atoms with Gasteiger partial charge in [-0.15, -0.1) is 0 Å². The first-order valence-electron chi connectivity index (χ1n) is 12.1. The molecule has 0 saturated carbocycles. The van der Waals surface area contributed by atoms with Crippen LogP contribution in [0, 0.1) is 0 Å². The Balaban J connectivity index is 1.56. The van der Waals surface area contributed by atoms with Gasteiger partial charge in [-0.2, -0.15) is 0 Å². The van der Waals surface area contributed by atoms with E-state index < -0.39 is 18.4 Å². The molecule has 0 saturated heterocycles. The summed E-state index contributed by atoms with van der Waals surface area (Å²) in [5.41, 5.74) is 2.94. The van der Waals surface area contributed by atoms with Gasteiger partial charge in [0.2, 0.25) is 6.29 Å². The van der Waals surface area contributed by atoms with Gasteiger partial charge in [0, 0.05) is 17.6 Å². The largest absolute Gasteiger partial charge is 0.497 e. The van der Waals surface area contributed by atoms with Gasteiger partial charge in [0.15, 0.2) is 11.9 Å². The molecule has 37 heavy (non-hydrogen) atoms. The number of benzene rings is 3. The summed E-state index contributed by atoms with van der Waals surface area (Å²) in [6.07, 6.45) is 0.341. The van der Waals surface area contributed by atoms with Gasteiger partial charge < -0.3 is 28.8 Å². The minimum absolute atomic E-state index is 0.0431. The lowest BCUT2D eigenvalue weighted by Crippen LogP contribution is -2.32. The average molecular weight is 501 g/mol. The van der Waals surface area contributed by atoms with Crippen LogP contribution in [0.4, 0.5) is 0 Å². The molecule has 0 fully saturated rings.